The van der Waals surface area contributed by atoms with Crippen LogP contribution in [0.15, 0.2) is 35.1 Å². The summed E-state index contributed by atoms with van der Waals surface area (Å²) in [5, 5.41) is 9.21. The van der Waals surface area contributed by atoms with Crippen LogP contribution in [0, 0.1) is 23.0 Å². The third-order valence-electron chi connectivity index (χ3n) is 5.19. The number of likely N-dealkylation sites (N-methyl/N-ethyl adjacent to an activating group) is 1. The number of hydrogen-bond acceptors (Lipinski definition) is 4. The Labute approximate surface area is 170 Å². The highest BCUT2D eigenvalue weighted by Crippen LogP contribution is 2.32. The number of nitrogens with one attached hydrogen (secondary N) is 1. The lowest BCUT2D eigenvalue weighted by atomic mass is 10.1. The van der Waals surface area contributed by atoms with Crippen molar-refractivity contribution in [2.45, 2.75) is 0 Å². The Kier molecular flexibility index (Phi) is 4.99. The fraction of sp³-hybridized carbons (Fsp3) is 0.238. The summed E-state index contributed by atoms with van der Waals surface area (Å²) in [5.74, 6) is -1.60. The molecule has 0 radical (unpaired) electrons. The molecule has 2 heterocycles. The highest BCUT2D eigenvalue weighted by atomic mass is 35.5. The molecule has 0 bridgehead atoms. The maximum absolute atomic E-state index is 15.2. The molecule has 1 aromatic heterocycles. The Morgan fingerprint density at radius 1 is 1.14 bits per heavy atom. The van der Waals surface area contributed by atoms with E-state index < -0.39 is 17.1 Å². The summed E-state index contributed by atoms with van der Waals surface area (Å²) in [4.78, 5) is 19.3. The van der Waals surface area contributed by atoms with Gasteiger partial charge in [0.25, 0.3) is 0 Å². The molecule has 1 saturated heterocycles. The molecule has 4 rings (SSSR count). The van der Waals surface area contributed by atoms with Gasteiger partial charge in [0.15, 0.2) is 17.1 Å². The number of H-pyrrole nitrogens is 1. The van der Waals surface area contributed by atoms with Crippen molar-refractivity contribution in [2.75, 3.05) is 38.1 Å². The van der Waals surface area contributed by atoms with Gasteiger partial charge < -0.3 is 14.8 Å². The first-order valence-electron chi connectivity index (χ1n) is 9.07. The SMILES string of the molecule is CN1CCN(c2c(F)cc3[nH]c(-c4cc(C#N)ccc4Cl)cc(=O)c3c2F)CC1. The normalized spacial score (nSPS) is 14.9. The smallest absolute Gasteiger partial charge is 0.193 e. The number of hydrogen-bond donors (Lipinski definition) is 1. The van der Waals surface area contributed by atoms with E-state index in [0.29, 0.717) is 42.3 Å². The number of aromatic nitrogens is 1. The Morgan fingerprint density at radius 2 is 1.86 bits per heavy atom. The minimum Gasteiger partial charge on any atom is -0.364 e. The van der Waals surface area contributed by atoms with Crippen LogP contribution in [0.1, 0.15) is 5.56 Å². The number of nitrogens with zero attached hydrogens (tertiary/aromatic N) is 3. The fourth-order valence-corrected chi connectivity index (χ4v) is 3.82. The van der Waals surface area contributed by atoms with Gasteiger partial charge in [0.2, 0.25) is 0 Å². The van der Waals surface area contributed by atoms with Gasteiger partial charge in [0, 0.05) is 48.9 Å². The largest absolute Gasteiger partial charge is 0.364 e. The Balaban J connectivity index is 1.88. The fourth-order valence-electron chi connectivity index (χ4n) is 3.60. The van der Waals surface area contributed by atoms with E-state index in [0.717, 1.165) is 6.07 Å². The Morgan fingerprint density at radius 3 is 2.55 bits per heavy atom. The molecule has 3 aromatic rings. The van der Waals surface area contributed by atoms with Crippen LogP contribution in [-0.4, -0.2) is 43.1 Å². The van der Waals surface area contributed by atoms with Gasteiger partial charge in [0.05, 0.1) is 28.2 Å². The van der Waals surface area contributed by atoms with Gasteiger partial charge in [-0.2, -0.15) is 5.26 Å². The number of pyridine rings is 1. The van der Waals surface area contributed by atoms with Crippen LogP contribution in [0.25, 0.3) is 22.2 Å². The van der Waals surface area contributed by atoms with E-state index in [2.05, 4.69) is 9.88 Å². The van der Waals surface area contributed by atoms with Crippen LogP contribution < -0.4 is 10.3 Å². The molecule has 0 aliphatic carbocycles. The van der Waals surface area contributed by atoms with Gasteiger partial charge in [-0.05, 0) is 25.2 Å². The molecule has 5 nitrogen and oxygen atoms in total. The topological polar surface area (TPSA) is 63.1 Å². The number of anilines is 1. The second-order valence-electron chi connectivity index (χ2n) is 7.09. The standard InChI is InChI=1S/C21H17ClF2N4O/c1-27-4-6-28(7-5-27)21-15(23)9-17-19(20(21)24)18(29)10-16(26-17)13-8-12(11-25)2-3-14(13)22/h2-3,8-10H,4-7H2,1H3,(H,26,29). The van der Waals surface area contributed by atoms with Crippen molar-refractivity contribution in [1.82, 2.24) is 9.88 Å². The highest BCUT2D eigenvalue weighted by Gasteiger charge is 2.24. The molecule has 2 aromatic carbocycles. The molecule has 148 valence electrons. The van der Waals surface area contributed by atoms with Gasteiger partial charge in [-0.15, -0.1) is 0 Å². The van der Waals surface area contributed by atoms with Gasteiger partial charge in [-0.1, -0.05) is 11.6 Å². The number of benzene rings is 2. The lowest BCUT2D eigenvalue weighted by Crippen LogP contribution is -2.45. The molecule has 8 heteroatoms. The summed E-state index contributed by atoms with van der Waals surface area (Å²) in [7, 11) is 1.95. The summed E-state index contributed by atoms with van der Waals surface area (Å²) >= 11 is 6.20. The molecular formula is C21H17ClF2N4O. The molecule has 0 atom stereocenters. The molecule has 0 amide bonds. The number of fused-ring (bicyclic) bond motifs is 1. The summed E-state index contributed by atoms with van der Waals surface area (Å²) in [6, 6.07) is 8.97. The number of piperazine rings is 1. The first-order chi connectivity index (χ1) is 13.9. The van der Waals surface area contributed by atoms with E-state index in [9.17, 15) is 9.18 Å². The summed E-state index contributed by atoms with van der Waals surface area (Å²) in [5.41, 5.74) is 0.338. The summed E-state index contributed by atoms with van der Waals surface area (Å²) in [6.45, 7) is 2.31. The molecular weight excluding hydrogens is 398 g/mol. The lowest BCUT2D eigenvalue weighted by Gasteiger charge is -2.34. The summed E-state index contributed by atoms with van der Waals surface area (Å²) in [6.07, 6.45) is 0. The molecule has 29 heavy (non-hydrogen) atoms. The number of halogens is 3. The van der Waals surface area contributed by atoms with E-state index in [-0.39, 0.29) is 22.3 Å². The molecule has 0 unspecified atom stereocenters. The van der Waals surface area contributed by atoms with E-state index in [1.807, 2.05) is 13.1 Å². The average molecular weight is 415 g/mol. The van der Waals surface area contributed by atoms with Crippen molar-refractivity contribution >= 4 is 28.2 Å². The third-order valence-corrected chi connectivity index (χ3v) is 5.52. The predicted molar refractivity (Wildman–Crippen MR) is 109 cm³/mol. The van der Waals surface area contributed by atoms with Crippen molar-refractivity contribution in [2.24, 2.45) is 0 Å². The second-order valence-corrected chi connectivity index (χ2v) is 7.49. The number of nitriles is 1. The van der Waals surface area contributed by atoms with Crippen LogP contribution in [0.3, 0.4) is 0 Å². The van der Waals surface area contributed by atoms with E-state index >= 15 is 4.39 Å². The average Bonchev–Trinajstić information content (AvgIpc) is 2.69. The monoisotopic (exact) mass is 414 g/mol. The molecule has 0 saturated carbocycles. The molecule has 1 fully saturated rings. The minimum absolute atomic E-state index is 0.0406. The van der Waals surface area contributed by atoms with Crippen molar-refractivity contribution in [1.29, 1.82) is 5.26 Å². The van der Waals surface area contributed by atoms with E-state index in [4.69, 9.17) is 16.9 Å². The van der Waals surface area contributed by atoms with Crippen molar-refractivity contribution < 1.29 is 8.78 Å². The molecule has 1 N–H and O–H groups in total. The van der Waals surface area contributed by atoms with Crippen LogP contribution in [0.2, 0.25) is 5.02 Å². The number of aromatic amines is 1. The zero-order valence-electron chi connectivity index (χ0n) is 15.6. The van der Waals surface area contributed by atoms with Crippen molar-refractivity contribution in [3.8, 4) is 17.3 Å². The quantitative estimate of drug-likeness (QED) is 0.693. The second kappa shape index (κ2) is 7.47. The van der Waals surface area contributed by atoms with Crippen LogP contribution >= 0.6 is 11.6 Å². The lowest BCUT2D eigenvalue weighted by molar-refractivity contribution is 0.310. The predicted octanol–water partition coefficient (Wildman–Crippen LogP) is 3.75. The van der Waals surface area contributed by atoms with E-state index in [1.54, 1.807) is 11.0 Å². The Bertz CT molecular complexity index is 1210. The van der Waals surface area contributed by atoms with Crippen LogP contribution in [0.4, 0.5) is 14.5 Å². The first kappa shape index (κ1) is 19.4. The van der Waals surface area contributed by atoms with E-state index in [1.165, 1.54) is 18.2 Å². The highest BCUT2D eigenvalue weighted by molar-refractivity contribution is 6.33. The van der Waals surface area contributed by atoms with Crippen LogP contribution in [0.5, 0.6) is 0 Å². The van der Waals surface area contributed by atoms with Crippen molar-refractivity contribution in [3.63, 3.8) is 0 Å². The zero-order valence-corrected chi connectivity index (χ0v) is 16.4. The van der Waals surface area contributed by atoms with Crippen LogP contribution in [-0.2, 0) is 0 Å². The minimum atomic E-state index is -0.866. The third kappa shape index (κ3) is 3.46. The molecule has 1 aliphatic heterocycles. The zero-order chi connectivity index (χ0) is 20.7. The molecule has 1 aliphatic rings. The van der Waals surface area contributed by atoms with Gasteiger partial charge in [-0.25, -0.2) is 8.78 Å². The maximum Gasteiger partial charge on any atom is 0.193 e. The maximum atomic E-state index is 15.2. The molecule has 0 spiro atoms. The van der Waals surface area contributed by atoms with Gasteiger partial charge in [-0.3, -0.25) is 4.79 Å². The summed E-state index contributed by atoms with van der Waals surface area (Å²) < 4.78 is 30.1. The van der Waals surface area contributed by atoms with Gasteiger partial charge in [0.1, 0.15) is 5.69 Å². The Hall–Kier alpha value is -2.95. The first-order valence-corrected chi connectivity index (χ1v) is 9.45. The van der Waals surface area contributed by atoms with Crippen molar-refractivity contribution in [3.05, 3.63) is 62.8 Å². The number of rotatable bonds is 2. The van der Waals surface area contributed by atoms with Gasteiger partial charge >= 0.3 is 0 Å².